The molecular weight excluding hydrogens is 837 g/mol. The van der Waals surface area contributed by atoms with Gasteiger partial charge in [0.25, 0.3) is 0 Å². The number of carboxylic acid groups (broad SMARTS) is 1. The van der Waals surface area contributed by atoms with Crippen molar-refractivity contribution in [3.05, 3.63) is 230 Å². The van der Waals surface area contributed by atoms with E-state index >= 15 is 0 Å². The molecule has 0 amide bonds. The summed E-state index contributed by atoms with van der Waals surface area (Å²) in [6, 6.07) is 74.2. The van der Waals surface area contributed by atoms with Gasteiger partial charge in [0.1, 0.15) is 11.4 Å². The van der Waals surface area contributed by atoms with Gasteiger partial charge in [0.15, 0.2) is 11.5 Å². The van der Waals surface area contributed by atoms with Gasteiger partial charge in [-0.3, -0.25) is 4.79 Å². The van der Waals surface area contributed by atoms with Gasteiger partial charge >= 0.3 is 5.97 Å². The molecule has 0 bridgehead atoms. The molecule has 6 nitrogen and oxygen atoms in total. The first-order valence-electron chi connectivity index (χ1n) is 23.3. The van der Waals surface area contributed by atoms with Crippen LogP contribution in [0.3, 0.4) is 0 Å². The maximum atomic E-state index is 11.4. The third-order valence-electron chi connectivity index (χ3n) is 13.2. The highest BCUT2D eigenvalue weighted by atomic mass is 16.4. The lowest BCUT2D eigenvalue weighted by Crippen LogP contribution is -1.99. The molecule has 2 aliphatic carbocycles. The van der Waals surface area contributed by atoms with E-state index in [1.54, 1.807) is 0 Å². The molecule has 4 atom stereocenters. The van der Waals surface area contributed by atoms with E-state index in [9.17, 15) is 9.90 Å². The Morgan fingerprint density at radius 3 is 1.16 bits per heavy atom. The fourth-order valence-corrected chi connectivity index (χ4v) is 9.36. The lowest BCUT2D eigenvalue weighted by Gasteiger charge is -2.09. The highest BCUT2D eigenvalue weighted by molar-refractivity contribution is 5.86. The minimum Gasteiger partial charge on any atom is -0.481 e. The van der Waals surface area contributed by atoms with E-state index in [1.165, 1.54) is 17.5 Å². The molecule has 8 aromatic carbocycles. The number of aromatic nitrogens is 2. The number of aliphatic carboxylic acids is 1. The summed E-state index contributed by atoms with van der Waals surface area (Å²) in [4.78, 5) is 21.4. The molecule has 4 unspecified atom stereocenters. The van der Waals surface area contributed by atoms with Crippen LogP contribution in [0.15, 0.2) is 227 Å². The predicted octanol–water partition coefficient (Wildman–Crippen LogP) is 16.0. The van der Waals surface area contributed by atoms with Gasteiger partial charge in [0.2, 0.25) is 11.8 Å². The van der Waals surface area contributed by atoms with Gasteiger partial charge in [-0.25, -0.2) is 9.97 Å². The van der Waals surface area contributed by atoms with E-state index < -0.39 is 5.97 Å². The maximum Gasteiger partial charge on any atom is 0.307 e. The number of carboxylic acids is 1. The molecule has 0 radical (unpaired) electrons. The van der Waals surface area contributed by atoms with Crippen LogP contribution in [0.2, 0.25) is 0 Å². The van der Waals surface area contributed by atoms with Crippen molar-refractivity contribution in [2.24, 2.45) is 11.8 Å². The van der Waals surface area contributed by atoms with E-state index in [4.69, 9.17) is 18.8 Å². The van der Waals surface area contributed by atoms with E-state index in [2.05, 4.69) is 97.9 Å². The Balaban J connectivity index is 0.000000149. The van der Waals surface area contributed by atoms with Crippen molar-refractivity contribution in [2.75, 3.05) is 0 Å². The minimum absolute atomic E-state index is 0.0794. The van der Waals surface area contributed by atoms with E-state index in [1.807, 2.05) is 127 Å². The van der Waals surface area contributed by atoms with E-state index in [0.717, 1.165) is 84.5 Å². The van der Waals surface area contributed by atoms with Gasteiger partial charge in [-0.2, -0.15) is 0 Å². The molecule has 2 heterocycles. The summed E-state index contributed by atoms with van der Waals surface area (Å²) < 4.78 is 13.0. The SMILES string of the molecule is CC1CC1c1cccc(-c2ccccc2-c2nc(-c3ccccc3)c(-c3ccccc3)o2)c1.O=C(O)C1CC1c1cccc(-c2ccccc2-c2nc(-c3ccccc3)c(-c3ccccc3)o2)c1. The molecule has 2 saturated carbocycles. The maximum absolute atomic E-state index is 11.4. The first-order chi connectivity index (χ1) is 33.5. The number of hydrogen-bond acceptors (Lipinski definition) is 5. The van der Waals surface area contributed by atoms with Gasteiger partial charge in [0, 0.05) is 33.4 Å². The lowest BCUT2D eigenvalue weighted by atomic mass is 9.96. The molecule has 68 heavy (non-hydrogen) atoms. The fraction of sp³-hybridized carbons (Fsp3) is 0.113. The van der Waals surface area contributed by atoms with Crippen molar-refractivity contribution in [1.82, 2.24) is 9.97 Å². The summed E-state index contributed by atoms with van der Waals surface area (Å²) in [5, 5.41) is 9.36. The third kappa shape index (κ3) is 8.72. The zero-order valence-electron chi connectivity index (χ0n) is 37.6. The average molecular weight is 885 g/mol. The van der Waals surface area contributed by atoms with Crippen molar-refractivity contribution in [3.63, 3.8) is 0 Å². The molecule has 2 aromatic heterocycles. The standard InChI is InChI=1S/C31H23NO3.C31H25NO/c33-31(34)27-19-26(27)23-15-9-14-22(18-23)24-16-7-8-17-25(24)30-32-28(20-10-3-1-4-11-20)29(35-30)21-12-5-2-6-13-21;1-21-19-28(21)25-16-10-15-24(20-25)26-17-8-9-18-27(26)31-32-29(22-11-4-2-5-12-22)30(33-31)23-13-6-3-7-14-23/h1-18,26-27H,19H2,(H,33,34);2-18,20-21,28H,19H2,1H3. The Labute approximate surface area is 396 Å². The molecule has 6 heteroatoms. The zero-order valence-corrected chi connectivity index (χ0v) is 37.6. The van der Waals surface area contributed by atoms with Crippen LogP contribution >= 0.6 is 0 Å². The Hall–Kier alpha value is -8.35. The van der Waals surface area contributed by atoms with Crippen LogP contribution in [0.4, 0.5) is 0 Å². The van der Waals surface area contributed by atoms with Crippen molar-refractivity contribution < 1.29 is 18.7 Å². The number of hydrogen-bond donors (Lipinski definition) is 1. The van der Waals surface area contributed by atoms with Crippen LogP contribution in [0.1, 0.15) is 42.7 Å². The summed E-state index contributed by atoms with van der Waals surface area (Å²) in [6.45, 7) is 2.33. The van der Waals surface area contributed by atoms with Crippen LogP contribution in [0, 0.1) is 11.8 Å². The predicted molar refractivity (Wildman–Crippen MR) is 271 cm³/mol. The largest absolute Gasteiger partial charge is 0.481 e. The molecule has 1 N–H and O–H groups in total. The second-order valence-corrected chi connectivity index (χ2v) is 17.8. The second kappa shape index (κ2) is 18.5. The summed E-state index contributed by atoms with van der Waals surface area (Å²) >= 11 is 0. The molecule has 0 aliphatic heterocycles. The van der Waals surface area contributed by atoms with Crippen LogP contribution in [0.25, 0.3) is 90.3 Å². The number of carbonyl (C=O) groups is 1. The third-order valence-corrected chi connectivity index (χ3v) is 13.2. The smallest absolute Gasteiger partial charge is 0.307 e. The number of benzene rings is 8. The number of nitrogens with zero attached hydrogens (tertiary/aromatic N) is 2. The normalized spacial score (nSPS) is 16.9. The van der Waals surface area contributed by atoms with Crippen LogP contribution in [0.5, 0.6) is 0 Å². The van der Waals surface area contributed by atoms with Gasteiger partial charge in [-0.1, -0.05) is 213 Å². The van der Waals surface area contributed by atoms with Crippen molar-refractivity contribution in [1.29, 1.82) is 0 Å². The summed E-state index contributed by atoms with van der Waals surface area (Å²) in [5.41, 5.74) is 14.5. The second-order valence-electron chi connectivity index (χ2n) is 17.8. The van der Waals surface area contributed by atoms with Crippen LogP contribution < -0.4 is 0 Å². The van der Waals surface area contributed by atoms with Gasteiger partial charge < -0.3 is 13.9 Å². The summed E-state index contributed by atoms with van der Waals surface area (Å²) in [5.74, 6) is 3.28. The average Bonchev–Trinajstić information content (AvgIpc) is 4.27. The highest BCUT2D eigenvalue weighted by Gasteiger charge is 2.44. The van der Waals surface area contributed by atoms with Crippen molar-refractivity contribution in [2.45, 2.75) is 31.6 Å². The Bertz CT molecular complexity index is 3250. The summed E-state index contributed by atoms with van der Waals surface area (Å²) in [7, 11) is 0. The molecular formula is C62H48N2O4. The molecule has 330 valence electrons. The minimum atomic E-state index is -0.720. The molecule has 2 fully saturated rings. The molecule has 10 aromatic rings. The topological polar surface area (TPSA) is 89.4 Å². The van der Waals surface area contributed by atoms with Crippen LogP contribution in [-0.2, 0) is 4.79 Å². The van der Waals surface area contributed by atoms with E-state index in [0.29, 0.717) is 24.1 Å². The molecule has 0 spiro atoms. The summed E-state index contributed by atoms with van der Waals surface area (Å²) in [6.07, 6.45) is 1.98. The van der Waals surface area contributed by atoms with Gasteiger partial charge in [-0.05, 0) is 76.1 Å². The monoisotopic (exact) mass is 884 g/mol. The molecule has 12 rings (SSSR count). The Morgan fingerprint density at radius 2 is 0.779 bits per heavy atom. The van der Waals surface area contributed by atoms with Crippen molar-refractivity contribution >= 4 is 5.97 Å². The number of oxazole rings is 2. The Kier molecular flexibility index (Phi) is 11.5. The van der Waals surface area contributed by atoms with Crippen LogP contribution in [-0.4, -0.2) is 21.0 Å². The lowest BCUT2D eigenvalue weighted by molar-refractivity contribution is -0.138. The first-order valence-corrected chi connectivity index (χ1v) is 23.3. The van der Waals surface area contributed by atoms with E-state index in [-0.39, 0.29) is 11.8 Å². The highest BCUT2D eigenvalue weighted by Crippen LogP contribution is 2.50. The van der Waals surface area contributed by atoms with Gasteiger partial charge in [-0.15, -0.1) is 0 Å². The molecule has 2 aliphatic rings. The number of rotatable bonds is 11. The Morgan fingerprint density at radius 1 is 0.426 bits per heavy atom. The molecule has 0 saturated heterocycles. The first kappa shape index (κ1) is 42.3. The van der Waals surface area contributed by atoms with Crippen molar-refractivity contribution in [3.8, 4) is 90.3 Å². The fourth-order valence-electron chi connectivity index (χ4n) is 9.36. The zero-order chi connectivity index (χ0) is 46.0. The van der Waals surface area contributed by atoms with Gasteiger partial charge in [0.05, 0.1) is 5.92 Å². The quantitative estimate of drug-likeness (QED) is 0.139.